The normalized spacial score (nSPS) is 28.8. The molecule has 2 aliphatic rings. The molecule has 3 rings (SSSR count). The number of benzene rings is 1. The Labute approximate surface area is 121 Å². The minimum atomic E-state index is -0.763. The Morgan fingerprint density at radius 2 is 1.75 bits per heavy atom. The third-order valence-corrected chi connectivity index (χ3v) is 5.49. The number of hydrogen-bond acceptors (Lipinski definition) is 2. The maximum Gasteiger partial charge on any atom is 0.260 e. The van der Waals surface area contributed by atoms with Crippen LogP contribution in [0.15, 0.2) is 18.2 Å². The summed E-state index contributed by atoms with van der Waals surface area (Å²) in [6.45, 7) is 0. The van der Waals surface area contributed by atoms with Crippen molar-refractivity contribution in [3.05, 3.63) is 35.4 Å². The van der Waals surface area contributed by atoms with Gasteiger partial charge in [-0.15, -0.1) is 0 Å². The van der Waals surface area contributed by atoms with E-state index in [0.29, 0.717) is 5.25 Å². The number of hydrogen-bond donors (Lipinski definition) is 0. The molecule has 1 aromatic carbocycles. The van der Waals surface area contributed by atoms with Gasteiger partial charge in [0.2, 0.25) is 0 Å². The third-order valence-electron chi connectivity index (χ3n) is 4.43. The summed E-state index contributed by atoms with van der Waals surface area (Å²) >= 11 is 1.82. The second-order valence-corrected chi connectivity index (χ2v) is 6.66. The highest BCUT2D eigenvalue weighted by atomic mass is 32.2. The van der Waals surface area contributed by atoms with E-state index in [1.807, 2.05) is 11.8 Å². The van der Waals surface area contributed by atoms with Gasteiger partial charge in [-0.05, 0) is 44.1 Å². The smallest absolute Gasteiger partial charge is 0.260 e. The first-order valence-electron chi connectivity index (χ1n) is 6.91. The van der Waals surface area contributed by atoms with Crippen molar-refractivity contribution in [3.8, 4) is 0 Å². The van der Waals surface area contributed by atoms with Crippen LogP contribution in [0.3, 0.4) is 0 Å². The standard InChI is InChI=1S/C15H17F2NOS/c1-20-11-7-9-5-6-10(8-11)18(9)15(19)14-12(16)3-2-4-13(14)17/h2-4,9-11H,5-8H2,1H3. The van der Waals surface area contributed by atoms with Crippen LogP contribution in [0.1, 0.15) is 36.0 Å². The summed E-state index contributed by atoms with van der Waals surface area (Å²) in [5.74, 6) is -2.00. The third kappa shape index (κ3) is 2.22. The molecule has 2 unspecified atom stereocenters. The van der Waals surface area contributed by atoms with Gasteiger partial charge in [0.1, 0.15) is 17.2 Å². The largest absolute Gasteiger partial charge is 0.332 e. The molecule has 2 bridgehead atoms. The fraction of sp³-hybridized carbons (Fsp3) is 0.533. The zero-order valence-electron chi connectivity index (χ0n) is 11.3. The molecule has 0 spiro atoms. The van der Waals surface area contributed by atoms with Crippen LogP contribution in [0, 0.1) is 11.6 Å². The Balaban J connectivity index is 1.89. The number of nitrogens with zero attached hydrogens (tertiary/aromatic N) is 1. The van der Waals surface area contributed by atoms with Crippen molar-refractivity contribution in [1.29, 1.82) is 0 Å². The average Bonchev–Trinajstić information content (AvgIpc) is 2.69. The van der Waals surface area contributed by atoms with Crippen LogP contribution in [0.5, 0.6) is 0 Å². The van der Waals surface area contributed by atoms with Gasteiger partial charge in [0.05, 0.1) is 0 Å². The summed E-state index contributed by atoms with van der Waals surface area (Å²) in [4.78, 5) is 14.3. The summed E-state index contributed by atoms with van der Waals surface area (Å²) < 4.78 is 27.6. The molecule has 5 heteroatoms. The lowest BCUT2D eigenvalue weighted by Crippen LogP contribution is -2.47. The van der Waals surface area contributed by atoms with Gasteiger partial charge in [-0.25, -0.2) is 8.78 Å². The number of thioether (sulfide) groups is 1. The summed E-state index contributed by atoms with van der Waals surface area (Å²) in [6.07, 6.45) is 5.84. The summed E-state index contributed by atoms with van der Waals surface area (Å²) in [5.41, 5.74) is -0.396. The zero-order chi connectivity index (χ0) is 14.3. The molecule has 108 valence electrons. The van der Waals surface area contributed by atoms with E-state index in [-0.39, 0.29) is 12.1 Å². The molecule has 0 saturated carbocycles. The molecule has 20 heavy (non-hydrogen) atoms. The van der Waals surface area contributed by atoms with Crippen molar-refractivity contribution in [3.63, 3.8) is 0 Å². The highest BCUT2D eigenvalue weighted by Gasteiger charge is 2.44. The number of fused-ring (bicyclic) bond motifs is 2. The molecular formula is C15H17F2NOS. The second-order valence-electron chi connectivity index (χ2n) is 5.52. The van der Waals surface area contributed by atoms with E-state index < -0.39 is 23.1 Å². The monoisotopic (exact) mass is 297 g/mol. The van der Waals surface area contributed by atoms with Crippen molar-refractivity contribution >= 4 is 17.7 Å². The molecule has 2 nitrogen and oxygen atoms in total. The predicted octanol–water partition coefficient (Wildman–Crippen LogP) is 3.46. The predicted molar refractivity (Wildman–Crippen MR) is 75.9 cm³/mol. The quantitative estimate of drug-likeness (QED) is 0.833. The Bertz CT molecular complexity index is 502. The molecule has 2 heterocycles. The fourth-order valence-corrected chi connectivity index (χ4v) is 4.31. The molecule has 0 radical (unpaired) electrons. The van der Waals surface area contributed by atoms with E-state index in [2.05, 4.69) is 6.26 Å². The van der Waals surface area contributed by atoms with Crippen molar-refractivity contribution < 1.29 is 13.6 Å². The van der Waals surface area contributed by atoms with Crippen LogP contribution < -0.4 is 0 Å². The minimum Gasteiger partial charge on any atom is -0.332 e. The van der Waals surface area contributed by atoms with Gasteiger partial charge in [-0.2, -0.15) is 11.8 Å². The van der Waals surface area contributed by atoms with E-state index >= 15 is 0 Å². The first-order chi connectivity index (χ1) is 9.61. The highest BCUT2D eigenvalue weighted by Crippen LogP contribution is 2.40. The summed E-state index contributed by atoms with van der Waals surface area (Å²) in [6, 6.07) is 3.85. The van der Waals surface area contributed by atoms with E-state index in [0.717, 1.165) is 37.8 Å². The number of carbonyl (C=O) groups excluding carboxylic acids is 1. The lowest BCUT2D eigenvalue weighted by atomic mass is 10.0. The van der Waals surface area contributed by atoms with Crippen LogP contribution in [0.2, 0.25) is 0 Å². The second kappa shape index (κ2) is 5.35. The van der Waals surface area contributed by atoms with Crippen molar-refractivity contribution in [1.82, 2.24) is 4.90 Å². The lowest BCUT2D eigenvalue weighted by Gasteiger charge is -2.38. The fourth-order valence-electron chi connectivity index (χ4n) is 3.48. The zero-order valence-corrected chi connectivity index (χ0v) is 12.1. The molecule has 2 atom stereocenters. The van der Waals surface area contributed by atoms with Gasteiger partial charge in [0, 0.05) is 17.3 Å². The Hall–Kier alpha value is -1.10. The average molecular weight is 297 g/mol. The van der Waals surface area contributed by atoms with Crippen molar-refractivity contribution in [2.75, 3.05) is 6.26 Å². The van der Waals surface area contributed by atoms with Crippen LogP contribution in [0.25, 0.3) is 0 Å². The maximum absolute atomic E-state index is 13.8. The van der Waals surface area contributed by atoms with Crippen LogP contribution in [-0.2, 0) is 0 Å². The van der Waals surface area contributed by atoms with E-state index in [1.165, 1.54) is 6.07 Å². The first-order valence-corrected chi connectivity index (χ1v) is 8.20. The highest BCUT2D eigenvalue weighted by molar-refractivity contribution is 7.99. The number of carbonyl (C=O) groups is 1. The molecule has 2 fully saturated rings. The van der Waals surface area contributed by atoms with Crippen LogP contribution in [0.4, 0.5) is 8.78 Å². The molecule has 0 aromatic heterocycles. The van der Waals surface area contributed by atoms with Crippen molar-refractivity contribution in [2.24, 2.45) is 0 Å². The number of piperidine rings is 1. The molecule has 2 aliphatic heterocycles. The minimum absolute atomic E-state index is 0.137. The topological polar surface area (TPSA) is 20.3 Å². The maximum atomic E-state index is 13.8. The van der Waals surface area contributed by atoms with Gasteiger partial charge in [-0.1, -0.05) is 6.07 Å². The summed E-state index contributed by atoms with van der Waals surface area (Å²) in [7, 11) is 0. The van der Waals surface area contributed by atoms with Crippen molar-refractivity contribution in [2.45, 2.75) is 43.0 Å². The van der Waals surface area contributed by atoms with Gasteiger partial charge in [0.25, 0.3) is 5.91 Å². The van der Waals surface area contributed by atoms with Crippen LogP contribution >= 0.6 is 11.8 Å². The van der Waals surface area contributed by atoms with Crippen LogP contribution in [-0.4, -0.2) is 34.4 Å². The Kier molecular flexibility index (Phi) is 3.71. The molecule has 1 aromatic rings. The van der Waals surface area contributed by atoms with Gasteiger partial charge in [0.15, 0.2) is 0 Å². The van der Waals surface area contributed by atoms with E-state index in [9.17, 15) is 13.6 Å². The Morgan fingerprint density at radius 1 is 1.20 bits per heavy atom. The number of halogens is 2. The molecule has 0 N–H and O–H groups in total. The van der Waals surface area contributed by atoms with Gasteiger partial charge in [-0.3, -0.25) is 4.79 Å². The molecular weight excluding hydrogens is 280 g/mol. The van der Waals surface area contributed by atoms with Gasteiger partial charge >= 0.3 is 0 Å². The molecule has 0 aliphatic carbocycles. The SMILES string of the molecule is CSC1CC2CCC(C1)N2C(=O)c1c(F)cccc1F. The van der Waals surface area contributed by atoms with E-state index in [4.69, 9.17) is 0 Å². The molecule has 1 amide bonds. The Morgan fingerprint density at radius 3 is 2.25 bits per heavy atom. The van der Waals surface area contributed by atoms with E-state index in [1.54, 1.807) is 4.90 Å². The lowest BCUT2D eigenvalue weighted by molar-refractivity contribution is 0.0591. The number of amides is 1. The first kappa shape index (κ1) is 13.9. The summed E-state index contributed by atoms with van der Waals surface area (Å²) in [5, 5.41) is 0.557. The number of rotatable bonds is 2. The van der Waals surface area contributed by atoms with Gasteiger partial charge < -0.3 is 4.90 Å². The molecule has 2 saturated heterocycles.